The zero-order valence-electron chi connectivity index (χ0n) is 21.6. The highest BCUT2D eigenvalue weighted by Gasteiger charge is 2.24. The predicted molar refractivity (Wildman–Crippen MR) is 137 cm³/mol. The third kappa shape index (κ3) is 8.07. The third-order valence-corrected chi connectivity index (χ3v) is 7.01. The van der Waals surface area contributed by atoms with Crippen LogP contribution in [0.25, 0.3) is 0 Å². The molecule has 0 aromatic heterocycles. The first kappa shape index (κ1) is 25.6. The van der Waals surface area contributed by atoms with Gasteiger partial charge in [-0.05, 0) is 77.8 Å². The van der Waals surface area contributed by atoms with Gasteiger partial charge in [0.25, 0.3) is 0 Å². The van der Waals surface area contributed by atoms with E-state index >= 15 is 0 Å². The van der Waals surface area contributed by atoms with Crippen molar-refractivity contribution in [2.24, 2.45) is 11.3 Å². The van der Waals surface area contributed by atoms with Crippen molar-refractivity contribution >= 4 is 0 Å². The molecule has 0 amide bonds. The largest absolute Gasteiger partial charge is 0.461 e. The Labute approximate surface area is 201 Å². The van der Waals surface area contributed by atoms with E-state index in [1.165, 1.54) is 56.1 Å². The summed E-state index contributed by atoms with van der Waals surface area (Å²) in [6.07, 6.45) is 8.52. The van der Waals surface area contributed by atoms with Gasteiger partial charge in [-0.15, -0.1) is 4.89 Å². The van der Waals surface area contributed by atoms with Crippen molar-refractivity contribution in [3.8, 4) is 11.5 Å². The van der Waals surface area contributed by atoms with Crippen LogP contribution >= 0.6 is 0 Å². The molecular weight excluding hydrogens is 408 g/mol. The Morgan fingerprint density at radius 2 is 1.45 bits per heavy atom. The zero-order chi connectivity index (χ0) is 23.8. The van der Waals surface area contributed by atoms with Crippen molar-refractivity contribution in [1.29, 1.82) is 0 Å². The van der Waals surface area contributed by atoms with Gasteiger partial charge in [-0.25, -0.2) is 0 Å². The number of hydrogen-bond donors (Lipinski definition) is 0. The Balaban J connectivity index is 1.51. The van der Waals surface area contributed by atoms with Crippen LogP contribution in [0.5, 0.6) is 11.5 Å². The fourth-order valence-electron chi connectivity index (χ4n) is 4.95. The van der Waals surface area contributed by atoms with Crippen molar-refractivity contribution < 1.29 is 14.5 Å². The quantitative estimate of drug-likeness (QED) is 0.204. The Kier molecular flexibility index (Phi) is 9.26. The lowest BCUT2D eigenvalue weighted by Crippen LogP contribution is -2.19. The summed E-state index contributed by atoms with van der Waals surface area (Å²) in [5.74, 6) is 3.40. The van der Waals surface area contributed by atoms with Crippen molar-refractivity contribution in [2.45, 2.75) is 105 Å². The SMILES string of the molecule is CCC(C)C(CC(C)(C)C)c1ccc(OC(C)OOc2ccc(C3CCCCC3)cc2)cc1. The molecule has 0 radical (unpaired) electrons. The van der Waals surface area contributed by atoms with Gasteiger partial charge < -0.3 is 9.62 Å². The van der Waals surface area contributed by atoms with Crippen LogP contribution in [0, 0.1) is 11.3 Å². The lowest BCUT2D eigenvalue weighted by Gasteiger charge is -2.30. The first-order chi connectivity index (χ1) is 15.7. The van der Waals surface area contributed by atoms with Crippen LogP contribution in [-0.4, -0.2) is 6.29 Å². The van der Waals surface area contributed by atoms with E-state index < -0.39 is 6.29 Å². The minimum Gasteiger partial charge on any atom is -0.461 e. The normalized spacial score (nSPS) is 17.9. The maximum absolute atomic E-state index is 5.93. The third-order valence-electron chi connectivity index (χ3n) is 7.01. The van der Waals surface area contributed by atoms with Gasteiger partial charge in [0.2, 0.25) is 6.29 Å². The first-order valence-electron chi connectivity index (χ1n) is 12.9. The van der Waals surface area contributed by atoms with E-state index in [0.717, 1.165) is 5.75 Å². The van der Waals surface area contributed by atoms with Gasteiger partial charge in [-0.2, -0.15) is 0 Å². The highest BCUT2D eigenvalue weighted by molar-refractivity contribution is 5.31. The lowest BCUT2D eigenvalue weighted by molar-refractivity contribution is -0.289. The molecule has 0 spiro atoms. The molecule has 2 aromatic carbocycles. The molecule has 0 N–H and O–H groups in total. The summed E-state index contributed by atoms with van der Waals surface area (Å²) in [6, 6.07) is 16.8. The maximum atomic E-state index is 5.93. The molecule has 0 aliphatic heterocycles. The van der Waals surface area contributed by atoms with Crippen LogP contribution in [0.2, 0.25) is 0 Å². The van der Waals surface area contributed by atoms with Gasteiger partial charge in [-0.1, -0.05) is 84.6 Å². The molecule has 3 rings (SSSR count). The van der Waals surface area contributed by atoms with Crippen molar-refractivity contribution in [3.05, 3.63) is 59.7 Å². The van der Waals surface area contributed by atoms with Crippen LogP contribution in [0.15, 0.2) is 48.5 Å². The molecular formula is C30H44O3. The Bertz CT molecular complexity index is 813. The minimum absolute atomic E-state index is 0.303. The van der Waals surface area contributed by atoms with Crippen molar-refractivity contribution in [2.75, 3.05) is 0 Å². The summed E-state index contributed by atoms with van der Waals surface area (Å²) < 4.78 is 5.93. The second kappa shape index (κ2) is 11.9. The zero-order valence-corrected chi connectivity index (χ0v) is 21.6. The molecule has 0 heterocycles. The van der Waals surface area contributed by atoms with Crippen LogP contribution in [-0.2, 0) is 4.89 Å². The second-order valence-electron chi connectivity index (χ2n) is 11.1. The highest BCUT2D eigenvalue weighted by Crippen LogP contribution is 2.38. The summed E-state index contributed by atoms with van der Waals surface area (Å²) in [5.41, 5.74) is 3.10. The van der Waals surface area contributed by atoms with Crippen molar-refractivity contribution in [1.82, 2.24) is 0 Å². The average molecular weight is 453 g/mol. The van der Waals surface area contributed by atoms with Crippen LogP contribution < -0.4 is 9.62 Å². The van der Waals surface area contributed by atoms with Gasteiger partial charge in [0, 0.05) is 6.92 Å². The van der Waals surface area contributed by atoms with Crippen LogP contribution in [0.1, 0.15) is 109 Å². The molecule has 1 aliphatic carbocycles. The summed E-state index contributed by atoms with van der Waals surface area (Å²) in [4.78, 5) is 11.0. The summed E-state index contributed by atoms with van der Waals surface area (Å²) >= 11 is 0. The van der Waals surface area contributed by atoms with Crippen LogP contribution in [0.3, 0.4) is 0 Å². The molecule has 182 valence electrons. The van der Waals surface area contributed by atoms with E-state index in [9.17, 15) is 0 Å². The summed E-state index contributed by atoms with van der Waals surface area (Å²) in [7, 11) is 0. The molecule has 1 saturated carbocycles. The maximum Gasteiger partial charge on any atom is 0.239 e. The van der Waals surface area contributed by atoms with Gasteiger partial charge in [0.1, 0.15) is 5.75 Å². The van der Waals surface area contributed by atoms with E-state index in [1.807, 2.05) is 31.2 Å². The standard InChI is InChI=1S/C30H44O3/c1-7-22(2)29(21-30(4,5)6)26-15-17-27(18-16-26)31-23(3)32-33-28-19-13-25(14-20-28)24-11-9-8-10-12-24/h13-20,22-24,29H,7-12,21H2,1-6H3. The summed E-state index contributed by atoms with van der Waals surface area (Å²) in [5, 5.41) is 0. The molecule has 2 aromatic rings. The van der Waals surface area contributed by atoms with Crippen molar-refractivity contribution in [3.63, 3.8) is 0 Å². The number of ether oxygens (including phenoxy) is 1. The van der Waals surface area contributed by atoms with Gasteiger partial charge >= 0.3 is 0 Å². The molecule has 1 fully saturated rings. The predicted octanol–water partition coefficient (Wildman–Crippen LogP) is 9.04. The molecule has 3 nitrogen and oxygen atoms in total. The van der Waals surface area contributed by atoms with E-state index in [4.69, 9.17) is 14.5 Å². The molecule has 3 heteroatoms. The van der Waals surface area contributed by atoms with Gasteiger partial charge in [0.05, 0.1) is 0 Å². The highest BCUT2D eigenvalue weighted by atomic mass is 17.2. The Morgan fingerprint density at radius 3 is 2.03 bits per heavy atom. The number of hydrogen-bond acceptors (Lipinski definition) is 3. The fourth-order valence-corrected chi connectivity index (χ4v) is 4.95. The molecule has 1 aliphatic rings. The van der Waals surface area contributed by atoms with E-state index in [-0.39, 0.29) is 0 Å². The van der Waals surface area contributed by atoms with Crippen LogP contribution in [0.4, 0.5) is 0 Å². The molecule has 3 atom stereocenters. The lowest BCUT2D eigenvalue weighted by atomic mass is 9.75. The Hall–Kier alpha value is -2.00. The van der Waals surface area contributed by atoms with E-state index in [0.29, 0.717) is 28.9 Å². The van der Waals surface area contributed by atoms with Gasteiger partial charge in [-0.3, -0.25) is 0 Å². The van der Waals surface area contributed by atoms with E-state index in [2.05, 4.69) is 58.9 Å². The smallest absolute Gasteiger partial charge is 0.239 e. The first-order valence-corrected chi connectivity index (χ1v) is 12.9. The van der Waals surface area contributed by atoms with Gasteiger partial charge in [0.15, 0.2) is 5.75 Å². The molecule has 3 unspecified atom stereocenters. The second-order valence-corrected chi connectivity index (χ2v) is 11.1. The monoisotopic (exact) mass is 452 g/mol. The summed E-state index contributed by atoms with van der Waals surface area (Å²) in [6.45, 7) is 13.5. The number of rotatable bonds is 10. The minimum atomic E-state index is -0.506. The number of benzene rings is 2. The molecule has 33 heavy (non-hydrogen) atoms. The molecule has 0 bridgehead atoms. The fraction of sp³-hybridized carbons (Fsp3) is 0.600. The molecule has 0 saturated heterocycles. The van der Waals surface area contributed by atoms with E-state index in [1.54, 1.807) is 0 Å². The average Bonchev–Trinajstić information content (AvgIpc) is 2.82. The Morgan fingerprint density at radius 1 is 0.848 bits per heavy atom. The topological polar surface area (TPSA) is 27.7 Å².